The average molecular weight is 273 g/mol. The topological polar surface area (TPSA) is 22.0 Å². The number of pyridine rings is 1. The zero-order chi connectivity index (χ0) is 9.71. The Bertz CT molecular complexity index is 586. The molecule has 0 aliphatic carbocycles. The van der Waals surface area contributed by atoms with Crippen LogP contribution in [0.1, 0.15) is 11.1 Å². The van der Waals surface area contributed by atoms with Crippen LogP contribution in [0, 0.1) is 13.0 Å². The Morgan fingerprint density at radius 2 is 2.20 bits per heavy atom. The maximum Gasteiger partial charge on any atom is 0.137 e. The van der Waals surface area contributed by atoms with Crippen molar-refractivity contribution < 1.29 is 32.7 Å². The number of rotatable bonds is 0. The van der Waals surface area contributed by atoms with E-state index in [1.54, 1.807) is 6.07 Å². The van der Waals surface area contributed by atoms with E-state index in [1.807, 2.05) is 19.2 Å². The molecule has 1 aromatic heterocycles. The molecule has 1 aliphatic rings. The van der Waals surface area contributed by atoms with Crippen LogP contribution in [0.5, 0.6) is 0 Å². The maximum atomic E-state index is 11.8. The molecule has 15 heavy (non-hydrogen) atoms. The first-order valence-corrected chi connectivity index (χ1v) is 4.80. The molecule has 1 aromatic carbocycles. The van der Waals surface area contributed by atoms with Crippen molar-refractivity contribution in [1.29, 1.82) is 0 Å². The summed E-state index contributed by atoms with van der Waals surface area (Å²) >= 11 is 0. The zero-order valence-electron chi connectivity index (χ0n) is 8.58. The molecular weight excluding hydrogens is 263 g/mol. The van der Waals surface area contributed by atoms with Crippen molar-refractivity contribution >= 4 is 10.9 Å². The molecule has 3 heteroatoms. The van der Waals surface area contributed by atoms with E-state index in [1.165, 1.54) is 5.56 Å². The molecule has 0 unspecified atom stereocenters. The Morgan fingerprint density at radius 3 is 3.00 bits per heavy atom. The van der Waals surface area contributed by atoms with Gasteiger partial charge in [-0.2, -0.15) is 18.2 Å². The van der Waals surface area contributed by atoms with E-state index in [9.17, 15) is 4.79 Å². The van der Waals surface area contributed by atoms with Gasteiger partial charge in [0.25, 0.3) is 0 Å². The molecule has 0 amide bonds. The van der Waals surface area contributed by atoms with Gasteiger partial charge >= 0.3 is 0 Å². The Kier molecular flexibility index (Phi) is 2.82. The minimum absolute atomic E-state index is 0. The number of hydrogen-bond donors (Lipinski definition) is 0. The summed E-state index contributed by atoms with van der Waals surface area (Å²) in [7, 11) is 0. The Morgan fingerprint density at radius 1 is 1.40 bits per heavy atom. The Labute approximate surface area is 113 Å². The number of benzene rings is 1. The number of aryl methyl sites for hydroxylation is 3. The van der Waals surface area contributed by atoms with Crippen molar-refractivity contribution in [2.75, 3.05) is 0 Å². The smallest absolute Gasteiger partial charge is 0.137 e. The monoisotopic (exact) mass is 273 g/mol. The largest absolute Gasteiger partial charge is 0.370 e. The third kappa shape index (κ3) is 1.51. The van der Waals surface area contributed by atoms with Crippen molar-refractivity contribution in [2.24, 2.45) is 0 Å². The molecule has 2 nitrogen and oxygen atoms in total. The number of nitrogens with zero attached hydrogens (tertiary/aromatic N) is 1. The van der Waals surface area contributed by atoms with E-state index in [-0.39, 0.29) is 38.1 Å². The van der Waals surface area contributed by atoms with Crippen molar-refractivity contribution in [1.82, 2.24) is 4.57 Å². The van der Waals surface area contributed by atoms with Crippen LogP contribution in [0.25, 0.3) is 10.9 Å². The number of aromatic nitrogens is 1. The Balaban J connectivity index is 0.000000853. The van der Waals surface area contributed by atoms with Crippen LogP contribution in [0.2, 0.25) is 0 Å². The second-order valence-corrected chi connectivity index (χ2v) is 3.83. The molecular formula is C12H10NOY-. The SMILES string of the molecule is Cc1cn2c3c(c[c-]cc3c1=O)CC2.[Y]. The second kappa shape index (κ2) is 3.84. The summed E-state index contributed by atoms with van der Waals surface area (Å²) in [5.74, 6) is 0. The van der Waals surface area contributed by atoms with Gasteiger partial charge in [0, 0.05) is 51.0 Å². The molecule has 0 fully saturated rings. The first-order chi connectivity index (χ1) is 6.77. The molecule has 2 heterocycles. The van der Waals surface area contributed by atoms with Crippen LogP contribution in [-0.4, -0.2) is 4.57 Å². The summed E-state index contributed by atoms with van der Waals surface area (Å²) in [6.45, 7) is 2.86. The summed E-state index contributed by atoms with van der Waals surface area (Å²) in [5, 5.41) is 0.819. The van der Waals surface area contributed by atoms with Crippen molar-refractivity contribution in [2.45, 2.75) is 19.9 Å². The summed E-state index contributed by atoms with van der Waals surface area (Å²) < 4.78 is 2.18. The second-order valence-electron chi connectivity index (χ2n) is 3.83. The maximum absolute atomic E-state index is 11.8. The fraction of sp³-hybridized carbons (Fsp3) is 0.250. The predicted molar refractivity (Wildman–Crippen MR) is 55.5 cm³/mol. The third-order valence-corrected chi connectivity index (χ3v) is 2.91. The number of hydrogen-bond acceptors (Lipinski definition) is 1. The first-order valence-electron chi connectivity index (χ1n) is 4.80. The molecule has 1 aliphatic heterocycles. The van der Waals surface area contributed by atoms with Crippen LogP contribution in [0.15, 0.2) is 23.1 Å². The fourth-order valence-electron chi connectivity index (χ4n) is 2.22. The van der Waals surface area contributed by atoms with Gasteiger partial charge in [0.1, 0.15) is 5.43 Å². The van der Waals surface area contributed by atoms with E-state index in [0.29, 0.717) is 0 Å². The van der Waals surface area contributed by atoms with Crippen molar-refractivity contribution in [3.63, 3.8) is 0 Å². The van der Waals surface area contributed by atoms with Crippen LogP contribution in [0.4, 0.5) is 0 Å². The van der Waals surface area contributed by atoms with Crippen LogP contribution >= 0.6 is 0 Å². The first kappa shape index (κ1) is 11.0. The van der Waals surface area contributed by atoms with Crippen LogP contribution < -0.4 is 5.43 Å². The third-order valence-electron chi connectivity index (χ3n) is 2.91. The van der Waals surface area contributed by atoms with E-state index in [2.05, 4.69) is 10.6 Å². The van der Waals surface area contributed by atoms with E-state index >= 15 is 0 Å². The molecule has 0 saturated heterocycles. The summed E-state index contributed by atoms with van der Waals surface area (Å²) in [4.78, 5) is 11.8. The average Bonchev–Trinajstić information content (AvgIpc) is 2.59. The van der Waals surface area contributed by atoms with Gasteiger partial charge in [-0.3, -0.25) is 0 Å². The van der Waals surface area contributed by atoms with Crippen molar-refractivity contribution in [3.05, 3.63) is 45.7 Å². The summed E-state index contributed by atoms with van der Waals surface area (Å²) in [6, 6.07) is 6.83. The fourth-order valence-corrected chi connectivity index (χ4v) is 2.22. The van der Waals surface area contributed by atoms with Gasteiger partial charge in [-0.25, -0.2) is 0 Å². The molecule has 0 N–H and O–H groups in total. The van der Waals surface area contributed by atoms with Gasteiger partial charge in [0.15, 0.2) is 0 Å². The molecule has 73 valence electrons. The van der Waals surface area contributed by atoms with Gasteiger partial charge in [0.05, 0.1) is 0 Å². The van der Waals surface area contributed by atoms with Gasteiger partial charge in [-0.15, -0.1) is 5.56 Å². The summed E-state index contributed by atoms with van der Waals surface area (Å²) in [6.07, 6.45) is 2.98. The molecule has 1 radical (unpaired) electrons. The minimum atomic E-state index is 0. The van der Waals surface area contributed by atoms with E-state index < -0.39 is 0 Å². The van der Waals surface area contributed by atoms with Gasteiger partial charge < -0.3 is 9.36 Å². The zero-order valence-corrected chi connectivity index (χ0v) is 11.4. The Hall–Kier alpha value is -0.466. The van der Waals surface area contributed by atoms with Gasteiger partial charge in [-0.1, -0.05) is 17.3 Å². The molecule has 3 rings (SSSR count). The van der Waals surface area contributed by atoms with Gasteiger partial charge in [-0.05, 0) is 6.92 Å². The van der Waals surface area contributed by atoms with E-state index in [4.69, 9.17) is 0 Å². The van der Waals surface area contributed by atoms with Crippen LogP contribution in [-0.2, 0) is 45.7 Å². The normalized spacial score (nSPS) is 12.9. The standard InChI is InChI=1S/C12H10NO.Y/c1-8-7-13-6-5-9-3-2-4-10(11(9)13)12(8)14;/h3-4,7H,5-6H2,1H3;/q-1;. The van der Waals surface area contributed by atoms with E-state index in [0.717, 1.165) is 29.4 Å². The molecule has 0 spiro atoms. The minimum Gasteiger partial charge on any atom is -0.370 e. The predicted octanol–water partition coefficient (Wildman–Crippen LogP) is 1.66. The van der Waals surface area contributed by atoms with Gasteiger partial charge in [0.2, 0.25) is 0 Å². The van der Waals surface area contributed by atoms with Crippen LogP contribution in [0.3, 0.4) is 0 Å². The molecule has 0 atom stereocenters. The van der Waals surface area contributed by atoms with Crippen molar-refractivity contribution in [3.8, 4) is 0 Å². The molecule has 2 aromatic rings. The summed E-state index contributed by atoms with van der Waals surface area (Å²) in [5.41, 5.74) is 3.33. The molecule has 0 saturated carbocycles. The molecule has 0 bridgehead atoms. The quantitative estimate of drug-likeness (QED) is 0.669.